The quantitative estimate of drug-likeness (QED) is 0.783. The summed E-state index contributed by atoms with van der Waals surface area (Å²) in [6.07, 6.45) is -0.215. The van der Waals surface area contributed by atoms with Crippen LogP contribution < -0.4 is 15.5 Å². The smallest absolute Gasteiger partial charge is 0.233 e. The van der Waals surface area contributed by atoms with E-state index in [2.05, 4.69) is 27.5 Å². The maximum Gasteiger partial charge on any atom is 0.233 e. The van der Waals surface area contributed by atoms with Crippen molar-refractivity contribution in [1.82, 2.24) is 4.90 Å². The Kier molecular flexibility index (Phi) is 6.31. The van der Waals surface area contributed by atoms with E-state index in [1.165, 1.54) is 0 Å². The number of amides is 2. The number of anilines is 3. The number of benzene rings is 2. The van der Waals surface area contributed by atoms with Gasteiger partial charge in [0, 0.05) is 43.2 Å². The first-order valence-corrected chi connectivity index (χ1v) is 9.60. The van der Waals surface area contributed by atoms with E-state index in [9.17, 15) is 9.59 Å². The van der Waals surface area contributed by atoms with E-state index < -0.39 is 0 Å². The molecule has 0 atom stereocenters. The predicted molar refractivity (Wildman–Crippen MR) is 114 cm³/mol. The average molecular weight is 380 g/mol. The second kappa shape index (κ2) is 8.89. The maximum atomic E-state index is 12.2. The standard InChI is InChI=1S/C22H28N4O2/c1-16-12-17(2)14-19(13-16)24-22(28)15-21(27)23-18-4-6-20(7-5-18)26-10-8-25(3)9-11-26/h4-7,12-14H,8-11,15H2,1-3H3,(H,23,27)(H,24,28). The molecule has 3 rings (SSSR count). The van der Waals surface area contributed by atoms with Gasteiger partial charge in [0.15, 0.2) is 0 Å². The SMILES string of the molecule is Cc1cc(C)cc(NC(=O)CC(=O)Nc2ccc(N3CCN(C)CC3)cc2)c1. The van der Waals surface area contributed by atoms with Gasteiger partial charge < -0.3 is 20.4 Å². The van der Waals surface area contributed by atoms with Gasteiger partial charge in [0.05, 0.1) is 0 Å². The lowest BCUT2D eigenvalue weighted by molar-refractivity contribution is -0.123. The molecule has 0 aromatic heterocycles. The molecule has 0 radical (unpaired) electrons. The van der Waals surface area contributed by atoms with E-state index in [4.69, 9.17) is 0 Å². The first-order chi connectivity index (χ1) is 13.4. The van der Waals surface area contributed by atoms with E-state index in [-0.39, 0.29) is 18.2 Å². The minimum atomic E-state index is -0.325. The summed E-state index contributed by atoms with van der Waals surface area (Å²) in [5.41, 5.74) is 4.70. The largest absolute Gasteiger partial charge is 0.369 e. The Balaban J connectivity index is 1.50. The lowest BCUT2D eigenvalue weighted by Crippen LogP contribution is -2.44. The molecule has 2 amide bonds. The van der Waals surface area contributed by atoms with Crippen molar-refractivity contribution in [2.75, 3.05) is 48.8 Å². The van der Waals surface area contributed by atoms with Crippen LogP contribution in [0.1, 0.15) is 17.5 Å². The second-order valence-electron chi connectivity index (χ2n) is 7.49. The van der Waals surface area contributed by atoms with Gasteiger partial charge in [0.25, 0.3) is 0 Å². The molecule has 0 spiro atoms. The zero-order valence-corrected chi connectivity index (χ0v) is 16.8. The van der Waals surface area contributed by atoms with Gasteiger partial charge in [-0.3, -0.25) is 9.59 Å². The van der Waals surface area contributed by atoms with Crippen molar-refractivity contribution in [3.05, 3.63) is 53.6 Å². The summed E-state index contributed by atoms with van der Waals surface area (Å²) in [4.78, 5) is 29.0. The third kappa shape index (κ3) is 5.57. The van der Waals surface area contributed by atoms with Crippen molar-refractivity contribution in [3.63, 3.8) is 0 Å². The van der Waals surface area contributed by atoms with E-state index in [0.29, 0.717) is 11.4 Å². The van der Waals surface area contributed by atoms with Crippen LogP contribution in [-0.2, 0) is 9.59 Å². The van der Waals surface area contributed by atoms with Gasteiger partial charge in [-0.15, -0.1) is 0 Å². The van der Waals surface area contributed by atoms with E-state index in [0.717, 1.165) is 43.0 Å². The molecule has 2 N–H and O–H groups in total. The Morgan fingerprint density at radius 2 is 1.36 bits per heavy atom. The van der Waals surface area contributed by atoms with E-state index in [1.807, 2.05) is 56.3 Å². The van der Waals surface area contributed by atoms with Crippen molar-refractivity contribution >= 4 is 28.9 Å². The molecule has 1 aliphatic rings. The van der Waals surface area contributed by atoms with Crippen LogP contribution in [0.25, 0.3) is 0 Å². The van der Waals surface area contributed by atoms with Gasteiger partial charge in [-0.25, -0.2) is 0 Å². The first kappa shape index (κ1) is 19.9. The van der Waals surface area contributed by atoms with Crippen molar-refractivity contribution < 1.29 is 9.59 Å². The van der Waals surface area contributed by atoms with Gasteiger partial charge >= 0.3 is 0 Å². The molecule has 6 heteroatoms. The molecule has 6 nitrogen and oxygen atoms in total. The minimum Gasteiger partial charge on any atom is -0.369 e. The van der Waals surface area contributed by atoms with Crippen LogP contribution in [0.4, 0.5) is 17.1 Å². The molecule has 2 aromatic carbocycles. The highest BCUT2D eigenvalue weighted by Gasteiger charge is 2.15. The highest BCUT2D eigenvalue weighted by Crippen LogP contribution is 2.19. The minimum absolute atomic E-state index is 0.215. The third-order valence-electron chi connectivity index (χ3n) is 4.85. The molecule has 2 aromatic rings. The van der Waals surface area contributed by atoms with Crippen LogP contribution in [0, 0.1) is 13.8 Å². The highest BCUT2D eigenvalue weighted by atomic mass is 16.2. The molecule has 1 heterocycles. The number of nitrogens with zero attached hydrogens (tertiary/aromatic N) is 2. The Morgan fingerprint density at radius 1 is 0.821 bits per heavy atom. The second-order valence-corrected chi connectivity index (χ2v) is 7.49. The van der Waals surface area contributed by atoms with E-state index >= 15 is 0 Å². The van der Waals surface area contributed by atoms with Gasteiger partial charge in [-0.05, 0) is 68.4 Å². The van der Waals surface area contributed by atoms with Crippen molar-refractivity contribution in [3.8, 4) is 0 Å². The molecule has 28 heavy (non-hydrogen) atoms. The molecular formula is C22H28N4O2. The van der Waals surface area contributed by atoms with Gasteiger partial charge in [-0.2, -0.15) is 0 Å². The van der Waals surface area contributed by atoms with E-state index in [1.54, 1.807) is 0 Å². The fourth-order valence-corrected chi connectivity index (χ4v) is 3.42. The summed E-state index contributed by atoms with van der Waals surface area (Å²) >= 11 is 0. The Hall–Kier alpha value is -2.86. The number of hydrogen-bond donors (Lipinski definition) is 2. The molecule has 1 saturated heterocycles. The molecule has 0 bridgehead atoms. The van der Waals surface area contributed by atoms with Crippen LogP contribution in [0.15, 0.2) is 42.5 Å². The van der Waals surface area contributed by atoms with Crippen LogP contribution in [0.3, 0.4) is 0 Å². The zero-order chi connectivity index (χ0) is 20.1. The van der Waals surface area contributed by atoms with Gasteiger partial charge in [0.2, 0.25) is 11.8 Å². The number of carbonyl (C=O) groups is 2. The summed E-state index contributed by atoms with van der Waals surface area (Å²) in [7, 11) is 2.13. The van der Waals surface area contributed by atoms with Gasteiger partial charge in [-0.1, -0.05) is 6.07 Å². The molecular weight excluding hydrogens is 352 g/mol. The molecule has 0 saturated carbocycles. The van der Waals surface area contributed by atoms with Crippen LogP contribution in [0.5, 0.6) is 0 Å². The zero-order valence-electron chi connectivity index (χ0n) is 16.8. The number of piperazine rings is 1. The molecule has 148 valence electrons. The fourth-order valence-electron chi connectivity index (χ4n) is 3.42. The maximum absolute atomic E-state index is 12.2. The Labute approximate surface area is 166 Å². The summed E-state index contributed by atoms with van der Waals surface area (Å²) in [6, 6.07) is 13.6. The molecule has 0 aliphatic carbocycles. The van der Waals surface area contributed by atoms with Crippen molar-refractivity contribution in [1.29, 1.82) is 0 Å². The highest BCUT2D eigenvalue weighted by molar-refractivity contribution is 6.08. The lowest BCUT2D eigenvalue weighted by Gasteiger charge is -2.34. The Morgan fingerprint density at radius 3 is 1.93 bits per heavy atom. The van der Waals surface area contributed by atoms with Gasteiger partial charge in [0.1, 0.15) is 6.42 Å². The summed E-state index contributed by atoms with van der Waals surface area (Å²) in [5, 5.41) is 5.58. The molecule has 1 aliphatic heterocycles. The van der Waals surface area contributed by atoms with Crippen LogP contribution >= 0.6 is 0 Å². The van der Waals surface area contributed by atoms with Crippen LogP contribution in [0.2, 0.25) is 0 Å². The number of likely N-dealkylation sites (N-methyl/N-ethyl adjacent to an activating group) is 1. The molecule has 0 unspecified atom stereocenters. The lowest BCUT2D eigenvalue weighted by atomic mass is 10.1. The predicted octanol–water partition coefficient (Wildman–Crippen LogP) is 3.02. The monoisotopic (exact) mass is 380 g/mol. The van der Waals surface area contributed by atoms with Crippen molar-refractivity contribution in [2.45, 2.75) is 20.3 Å². The summed E-state index contributed by atoms with van der Waals surface area (Å²) in [6.45, 7) is 8.05. The number of rotatable bonds is 5. The van der Waals surface area contributed by atoms with Crippen molar-refractivity contribution in [2.24, 2.45) is 0 Å². The molecule has 1 fully saturated rings. The number of hydrogen-bond acceptors (Lipinski definition) is 4. The topological polar surface area (TPSA) is 64.7 Å². The summed E-state index contributed by atoms with van der Waals surface area (Å²) < 4.78 is 0. The average Bonchev–Trinajstić information content (AvgIpc) is 2.62. The number of carbonyl (C=O) groups excluding carboxylic acids is 2. The first-order valence-electron chi connectivity index (χ1n) is 9.60. The summed E-state index contributed by atoms with van der Waals surface area (Å²) in [5.74, 6) is -0.647. The third-order valence-corrected chi connectivity index (χ3v) is 4.85. The number of nitrogens with one attached hydrogen (secondary N) is 2. The van der Waals surface area contributed by atoms with Crippen LogP contribution in [-0.4, -0.2) is 49.9 Å². The number of aryl methyl sites for hydroxylation is 2. The Bertz CT molecular complexity index is 820. The fraction of sp³-hybridized carbons (Fsp3) is 0.364. The normalized spacial score (nSPS) is 14.6.